The lowest BCUT2D eigenvalue weighted by Crippen LogP contribution is -2.44. The third-order valence-corrected chi connectivity index (χ3v) is 4.64. The van der Waals surface area contributed by atoms with Gasteiger partial charge in [-0.15, -0.1) is 0 Å². The van der Waals surface area contributed by atoms with E-state index in [0.717, 1.165) is 17.7 Å². The molecule has 0 radical (unpaired) electrons. The van der Waals surface area contributed by atoms with Gasteiger partial charge in [0.25, 0.3) is 0 Å². The molecule has 2 aromatic carbocycles. The minimum atomic E-state index is -0.710. The summed E-state index contributed by atoms with van der Waals surface area (Å²) in [6.45, 7) is 9.58. The Morgan fingerprint density at radius 2 is 1.56 bits per heavy atom. The number of rotatable bonds is 11. The average Bonchev–Trinajstić information content (AvgIpc) is 2.78. The Morgan fingerprint density at radius 1 is 0.969 bits per heavy atom. The Bertz CT molecular complexity index is 833. The fourth-order valence-corrected chi connectivity index (χ4v) is 2.91. The van der Waals surface area contributed by atoms with Crippen molar-refractivity contribution < 1.29 is 19.5 Å². The van der Waals surface area contributed by atoms with Crippen molar-refractivity contribution in [2.24, 2.45) is 0 Å². The van der Waals surface area contributed by atoms with E-state index in [1.807, 2.05) is 6.92 Å². The molecule has 2 rings (SSSR count). The zero-order valence-corrected chi connectivity index (χ0v) is 19.4. The molecule has 4 N–H and O–H groups in total. The van der Waals surface area contributed by atoms with E-state index < -0.39 is 6.04 Å². The Balaban J connectivity index is 0.000000751. The third-order valence-electron chi connectivity index (χ3n) is 4.64. The van der Waals surface area contributed by atoms with Gasteiger partial charge in [-0.05, 0) is 29.8 Å². The molecule has 0 unspecified atom stereocenters. The van der Waals surface area contributed by atoms with E-state index in [1.165, 1.54) is 12.1 Å². The van der Waals surface area contributed by atoms with E-state index in [4.69, 9.17) is 0 Å². The molecule has 1 atom stereocenters. The van der Waals surface area contributed by atoms with Crippen molar-refractivity contribution >= 4 is 18.1 Å². The van der Waals surface area contributed by atoms with Crippen molar-refractivity contribution in [2.45, 2.75) is 59.2 Å². The van der Waals surface area contributed by atoms with Crippen LogP contribution in [0.3, 0.4) is 0 Å². The Hall–Kier alpha value is -3.19. The number of phenols is 1. The van der Waals surface area contributed by atoms with E-state index in [1.54, 1.807) is 36.4 Å². The van der Waals surface area contributed by atoms with Crippen molar-refractivity contribution in [1.29, 1.82) is 0 Å². The van der Waals surface area contributed by atoms with Crippen LogP contribution in [-0.2, 0) is 22.6 Å². The fraction of sp³-hybridized carbons (Fsp3) is 0.400. The molecular weight excluding hydrogens is 406 g/mol. The summed E-state index contributed by atoms with van der Waals surface area (Å²) in [5.41, 5.74) is 2.33. The van der Waals surface area contributed by atoms with Crippen LogP contribution in [0, 0.1) is 0 Å². The van der Waals surface area contributed by atoms with Crippen LogP contribution < -0.4 is 16.0 Å². The number of Topliss-reactive ketones (excluding diaryl/α,β-unsaturated/α-hetero) is 1. The topological polar surface area (TPSA) is 108 Å². The van der Waals surface area contributed by atoms with Gasteiger partial charge in [-0.1, -0.05) is 64.1 Å². The van der Waals surface area contributed by atoms with Crippen LogP contribution in [0.4, 0.5) is 0 Å². The summed E-state index contributed by atoms with van der Waals surface area (Å²) >= 11 is 0. The number of carbonyl (C=O) groups is 3. The molecule has 0 saturated heterocycles. The van der Waals surface area contributed by atoms with Crippen molar-refractivity contribution in [1.82, 2.24) is 16.0 Å². The maximum absolute atomic E-state index is 12.4. The molecule has 0 saturated carbocycles. The summed E-state index contributed by atoms with van der Waals surface area (Å²) in [6, 6.07) is 13.5. The van der Waals surface area contributed by atoms with Gasteiger partial charge in [-0.25, -0.2) is 0 Å². The Labute approximate surface area is 190 Å². The molecule has 32 heavy (non-hydrogen) atoms. The molecule has 7 heteroatoms. The van der Waals surface area contributed by atoms with Gasteiger partial charge in [0.15, 0.2) is 5.78 Å². The quantitative estimate of drug-likeness (QED) is 0.317. The lowest BCUT2D eigenvalue weighted by molar-refractivity contribution is -0.125. The van der Waals surface area contributed by atoms with E-state index in [2.05, 4.69) is 36.7 Å². The van der Waals surface area contributed by atoms with Gasteiger partial charge in [-0.2, -0.15) is 0 Å². The SMILES string of the molecule is CCC(=O)c1ccc(CNC(=O)[C@H](Cc2ccc(O)cc2)NC=O)cc1.CCNC(C)C. The molecule has 2 aromatic rings. The van der Waals surface area contributed by atoms with Gasteiger partial charge in [0.2, 0.25) is 12.3 Å². The van der Waals surface area contributed by atoms with Gasteiger partial charge in [0.05, 0.1) is 0 Å². The van der Waals surface area contributed by atoms with E-state index in [9.17, 15) is 19.5 Å². The second-order valence-electron chi connectivity index (χ2n) is 7.61. The van der Waals surface area contributed by atoms with Crippen LogP contribution in [0.25, 0.3) is 0 Å². The number of benzene rings is 2. The molecule has 0 fully saturated rings. The minimum absolute atomic E-state index is 0.0738. The second-order valence-corrected chi connectivity index (χ2v) is 7.61. The van der Waals surface area contributed by atoms with Gasteiger partial charge < -0.3 is 21.1 Å². The molecule has 0 aliphatic rings. The average molecular weight is 442 g/mol. The first-order chi connectivity index (χ1) is 15.3. The molecule has 7 nitrogen and oxygen atoms in total. The highest BCUT2D eigenvalue weighted by Gasteiger charge is 2.18. The highest BCUT2D eigenvalue weighted by Crippen LogP contribution is 2.12. The molecular formula is C25H35N3O4. The highest BCUT2D eigenvalue weighted by atomic mass is 16.3. The molecule has 2 amide bonds. The molecule has 0 aromatic heterocycles. The van der Waals surface area contributed by atoms with E-state index in [0.29, 0.717) is 37.4 Å². The first kappa shape index (κ1) is 26.8. The third kappa shape index (κ3) is 10.2. The number of ketones is 1. The normalized spacial score (nSPS) is 11.2. The molecule has 0 spiro atoms. The largest absolute Gasteiger partial charge is 0.508 e. The molecule has 0 aliphatic carbocycles. The predicted octanol–water partition coefficient (Wildman–Crippen LogP) is 2.96. The number of phenolic OH excluding ortho intramolecular Hbond substituents is 1. The summed E-state index contributed by atoms with van der Waals surface area (Å²) in [6.07, 6.45) is 1.26. The Morgan fingerprint density at radius 3 is 2.03 bits per heavy atom. The Kier molecular flexibility index (Phi) is 12.4. The summed E-state index contributed by atoms with van der Waals surface area (Å²) in [5, 5.41) is 17.8. The van der Waals surface area contributed by atoms with Crippen LogP contribution in [0.15, 0.2) is 48.5 Å². The summed E-state index contributed by atoms with van der Waals surface area (Å²) in [4.78, 5) is 34.8. The van der Waals surface area contributed by atoms with Gasteiger partial charge in [-0.3, -0.25) is 14.4 Å². The number of nitrogens with one attached hydrogen (secondary N) is 3. The molecule has 0 bridgehead atoms. The van der Waals surface area contributed by atoms with Crippen LogP contribution in [-0.4, -0.2) is 41.8 Å². The lowest BCUT2D eigenvalue weighted by atomic mass is 10.0. The second kappa shape index (κ2) is 14.8. The number of aromatic hydroxyl groups is 1. The smallest absolute Gasteiger partial charge is 0.243 e. The number of carbonyl (C=O) groups excluding carboxylic acids is 3. The first-order valence-electron chi connectivity index (χ1n) is 10.9. The standard InChI is InChI=1S/C20H22N2O4.C5H13N/c1-2-19(25)16-7-3-15(4-8-16)12-21-20(26)18(22-13-23)11-14-5-9-17(24)10-6-14;1-4-6-5(2)3/h3-10,13,18,24H,2,11-12H2,1H3,(H,21,26)(H,22,23);5-6H,4H2,1-3H3/t18-;/m0./s1. The molecule has 174 valence electrons. The van der Waals surface area contributed by atoms with Crippen molar-refractivity contribution in [3.63, 3.8) is 0 Å². The summed E-state index contributed by atoms with van der Waals surface area (Å²) in [5.74, 6) is -0.0910. The van der Waals surface area contributed by atoms with Gasteiger partial charge >= 0.3 is 0 Å². The lowest BCUT2D eigenvalue weighted by Gasteiger charge is -2.16. The van der Waals surface area contributed by atoms with Gasteiger partial charge in [0.1, 0.15) is 11.8 Å². The van der Waals surface area contributed by atoms with Crippen molar-refractivity contribution in [2.75, 3.05) is 6.54 Å². The van der Waals surface area contributed by atoms with Crippen LogP contribution >= 0.6 is 0 Å². The van der Waals surface area contributed by atoms with Crippen LogP contribution in [0.2, 0.25) is 0 Å². The summed E-state index contributed by atoms with van der Waals surface area (Å²) in [7, 11) is 0. The van der Waals surface area contributed by atoms with Crippen LogP contribution in [0.1, 0.15) is 55.6 Å². The molecule has 0 heterocycles. The number of hydrogen-bond acceptors (Lipinski definition) is 5. The zero-order chi connectivity index (χ0) is 23.9. The minimum Gasteiger partial charge on any atom is -0.508 e. The van der Waals surface area contributed by atoms with Gasteiger partial charge in [0, 0.05) is 31.0 Å². The maximum Gasteiger partial charge on any atom is 0.243 e. The van der Waals surface area contributed by atoms with E-state index in [-0.39, 0.29) is 17.4 Å². The van der Waals surface area contributed by atoms with E-state index >= 15 is 0 Å². The monoisotopic (exact) mass is 441 g/mol. The zero-order valence-electron chi connectivity index (χ0n) is 19.4. The van der Waals surface area contributed by atoms with Crippen molar-refractivity contribution in [3.8, 4) is 5.75 Å². The fourth-order valence-electron chi connectivity index (χ4n) is 2.91. The maximum atomic E-state index is 12.4. The first-order valence-corrected chi connectivity index (χ1v) is 10.9. The molecule has 0 aliphatic heterocycles. The number of amides is 2. The number of hydrogen-bond donors (Lipinski definition) is 4. The van der Waals surface area contributed by atoms with Crippen LogP contribution in [0.5, 0.6) is 5.75 Å². The summed E-state index contributed by atoms with van der Waals surface area (Å²) < 4.78 is 0. The highest BCUT2D eigenvalue weighted by molar-refractivity contribution is 5.95. The predicted molar refractivity (Wildman–Crippen MR) is 127 cm³/mol. The van der Waals surface area contributed by atoms with Crippen molar-refractivity contribution in [3.05, 3.63) is 65.2 Å².